The molecule has 96 valence electrons. The normalized spacial score (nSPS) is 14.9. The molecule has 0 aliphatic carbocycles. The van der Waals surface area contributed by atoms with Gasteiger partial charge in [-0.2, -0.15) is 0 Å². The van der Waals surface area contributed by atoms with Gasteiger partial charge in [0, 0.05) is 16.6 Å². The van der Waals surface area contributed by atoms with Gasteiger partial charge in [-0.3, -0.25) is 0 Å². The SMILES string of the molecule is CCC(CC)C(C)NC(C)c1cccc(Br)c1. The Labute approximate surface area is 114 Å². The van der Waals surface area contributed by atoms with Crippen LogP contribution < -0.4 is 5.32 Å². The van der Waals surface area contributed by atoms with Crippen LogP contribution in [0.3, 0.4) is 0 Å². The van der Waals surface area contributed by atoms with E-state index in [0.29, 0.717) is 12.1 Å². The lowest BCUT2D eigenvalue weighted by Crippen LogP contribution is -2.34. The second-order valence-electron chi connectivity index (χ2n) is 4.81. The molecule has 0 aliphatic rings. The first-order valence-corrected chi connectivity index (χ1v) is 7.39. The van der Waals surface area contributed by atoms with E-state index in [9.17, 15) is 0 Å². The van der Waals surface area contributed by atoms with Crippen LogP contribution in [0.4, 0.5) is 0 Å². The van der Waals surface area contributed by atoms with E-state index in [1.807, 2.05) is 0 Å². The maximum Gasteiger partial charge on any atom is 0.0294 e. The second-order valence-corrected chi connectivity index (χ2v) is 5.72. The van der Waals surface area contributed by atoms with Crippen molar-refractivity contribution in [1.82, 2.24) is 5.32 Å². The molecule has 1 N–H and O–H groups in total. The van der Waals surface area contributed by atoms with E-state index in [0.717, 1.165) is 10.4 Å². The van der Waals surface area contributed by atoms with Gasteiger partial charge in [-0.05, 0) is 37.5 Å². The zero-order chi connectivity index (χ0) is 12.8. The van der Waals surface area contributed by atoms with Gasteiger partial charge in [0.25, 0.3) is 0 Å². The van der Waals surface area contributed by atoms with Crippen LogP contribution in [0.15, 0.2) is 28.7 Å². The number of hydrogen-bond acceptors (Lipinski definition) is 1. The Balaban J connectivity index is 2.62. The first kappa shape index (κ1) is 14.7. The third-order valence-corrected chi connectivity index (χ3v) is 4.11. The van der Waals surface area contributed by atoms with Crippen molar-refractivity contribution < 1.29 is 0 Å². The highest BCUT2D eigenvalue weighted by molar-refractivity contribution is 9.10. The summed E-state index contributed by atoms with van der Waals surface area (Å²) in [5, 5.41) is 3.70. The van der Waals surface area contributed by atoms with Crippen molar-refractivity contribution in [3.63, 3.8) is 0 Å². The van der Waals surface area contributed by atoms with Crippen LogP contribution in [-0.4, -0.2) is 6.04 Å². The number of halogens is 1. The summed E-state index contributed by atoms with van der Waals surface area (Å²) in [6.45, 7) is 9.08. The van der Waals surface area contributed by atoms with Gasteiger partial charge in [-0.15, -0.1) is 0 Å². The topological polar surface area (TPSA) is 12.0 Å². The molecular weight excluding hydrogens is 274 g/mol. The third-order valence-electron chi connectivity index (χ3n) is 3.62. The van der Waals surface area contributed by atoms with Gasteiger partial charge in [-0.25, -0.2) is 0 Å². The van der Waals surface area contributed by atoms with E-state index in [4.69, 9.17) is 0 Å². The molecule has 0 aliphatic heterocycles. The Kier molecular flexibility index (Phi) is 6.21. The van der Waals surface area contributed by atoms with Gasteiger partial charge in [0.1, 0.15) is 0 Å². The van der Waals surface area contributed by atoms with E-state index in [2.05, 4.69) is 73.2 Å². The molecule has 0 heterocycles. The number of nitrogens with one attached hydrogen (secondary N) is 1. The number of rotatable bonds is 6. The lowest BCUT2D eigenvalue weighted by molar-refractivity contribution is 0.330. The molecule has 2 atom stereocenters. The highest BCUT2D eigenvalue weighted by Gasteiger charge is 2.16. The highest BCUT2D eigenvalue weighted by Crippen LogP contribution is 2.21. The summed E-state index contributed by atoms with van der Waals surface area (Å²) in [5.41, 5.74) is 1.34. The van der Waals surface area contributed by atoms with Gasteiger partial charge in [0.15, 0.2) is 0 Å². The summed E-state index contributed by atoms with van der Waals surface area (Å²) in [4.78, 5) is 0. The molecule has 1 aromatic rings. The largest absolute Gasteiger partial charge is 0.307 e. The minimum Gasteiger partial charge on any atom is -0.307 e. The van der Waals surface area contributed by atoms with Crippen molar-refractivity contribution in [3.8, 4) is 0 Å². The Morgan fingerprint density at radius 3 is 2.35 bits per heavy atom. The minimum atomic E-state index is 0.406. The Bertz CT molecular complexity index is 333. The molecule has 2 unspecified atom stereocenters. The van der Waals surface area contributed by atoms with Gasteiger partial charge in [0.2, 0.25) is 0 Å². The van der Waals surface area contributed by atoms with E-state index in [1.165, 1.54) is 18.4 Å². The van der Waals surface area contributed by atoms with Crippen molar-refractivity contribution >= 4 is 15.9 Å². The van der Waals surface area contributed by atoms with E-state index < -0.39 is 0 Å². The van der Waals surface area contributed by atoms with Crippen molar-refractivity contribution in [3.05, 3.63) is 34.3 Å². The number of hydrogen-bond donors (Lipinski definition) is 1. The van der Waals surface area contributed by atoms with Crippen molar-refractivity contribution in [2.75, 3.05) is 0 Å². The molecule has 0 spiro atoms. The van der Waals surface area contributed by atoms with Crippen LogP contribution in [0.5, 0.6) is 0 Å². The molecule has 1 nitrogen and oxygen atoms in total. The predicted molar refractivity (Wildman–Crippen MR) is 79.2 cm³/mol. The molecule has 1 aromatic carbocycles. The maximum absolute atomic E-state index is 3.70. The monoisotopic (exact) mass is 297 g/mol. The summed E-state index contributed by atoms with van der Waals surface area (Å²) in [6.07, 6.45) is 2.49. The van der Waals surface area contributed by atoms with E-state index in [-0.39, 0.29) is 0 Å². The smallest absolute Gasteiger partial charge is 0.0294 e. The fourth-order valence-corrected chi connectivity index (χ4v) is 2.82. The molecule has 0 bridgehead atoms. The average Bonchev–Trinajstić information content (AvgIpc) is 2.30. The lowest BCUT2D eigenvalue weighted by atomic mass is 9.94. The fourth-order valence-electron chi connectivity index (χ4n) is 2.40. The Morgan fingerprint density at radius 1 is 1.18 bits per heavy atom. The number of benzene rings is 1. The van der Waals surface area contributed by atoms with Crippen LogP contribution in [0.2, 0.25) is 0 Å². The van der Waals surface area contributed by atoms with Crippen LogP contribution >= 0.6 is 15.9 Å². The van der Waals surface area contributed by atoms with Crippen LogP contribution in [0.1, 0.15) is 52.1 Å². The molecular formula is C15H24BrN. The molecule has 0 saturated heterocycles. The van der Waals surface area contributed by atoms with Crippen molar-refractivity contribution in [2.45, 2.75) is 52.6 Å². The standard InChI is InChI=1S/C15H24BrN/c1-5-13(6-2)11(3)17-12(4)14-8-7-9-15(16)10-14/h7-13,17H,5-6H2,1-4H3. The van der Waals surface area contributed by atoms with Gasteiger partial charge >= 0.3 is 0 Å². The Morgan fingerprint density at radius 2 is 1.82 bits per heavy atom. The predicted octanol–water partition coefficient (Wildman–Crippen LogP) is 4.92. The van der Waals surface area contributed by atoms with Gasteiger partial charge in [-0.1, -0.05) is 54.8 Å². The maximum atomic E-state index is 3.70. The zero-order valence-corrected chi connectivity index (χ0v) is 12.9. The third kappa shape index (κ3) is 4.44. The quantitative estimate of drug-likeness (QED) is 0.785. The first-order valence-electron chi connectivity index (χ1n) is 6.60. The van der Waals surface area contributed by atoms with Crippen molar-refractivity contribution in [2.24, 2.45) is 5.92 Å². The lowest BCUT2D eigenvalue weighted by Gasteiger charge is -2.26. The molecule has 0 fully saturated rings. The van der Waals surface area contributed by atoms with Gasteiger partial charge in [0.05, 0.1) is 0 Å². The summed E-state index contributed by atoms with van der Waals surface area (Å²) >= 11 is 3.53. The van der Waals surface area contributed by atoms with E-state index in [1.54, 1.807) is 0 Å². The molecule has 2 heteroatoms. The zero-order valence-electron chi connectivity index (χ0n) is 11.3. The Hall–Kier alpha value is -0.340. The summed E-state index contributed by atoms with van der Waals surface area (Å²) in [7, 11) is 0. The highest BCUT2D eigenvalue weighted by atomic mass is 79.9. The molecule has 17 heavy (non-hydrogen) atoms. The van der Waals surface area contributed by atoms with Crippen LogP contribution in [0, 0.1) is 5.92 Å². The van der Waals surface area contributed by atoms with Crippen molar-refractivity contribution in [1.29, 1.82) is 0 Å². The van der Waals surface area contributed by atoms with Crippen LogP contribution in [-0.2, 0) is 0 Å². The average molecular weight is 298 g/mol. The minimum absolute atomic E-state index is 0.406. The first-order chi connectivity index (χ1) is 8.08. The molecule has 0 amide bonds. The summed E-state index contributed by atoms with van der Waals surface area (Å²) < 4.78 is 1.15. The van der Waals surface area contributed by atoms with E-state index >= 15 is 0 Å². The summed E-state index contributed by atoms with van der Waals surface area (Å²) in [6, 6.07) is 9.52. The molecule has 0 aromatic heterocycles. The second kappa shape index (κ2) is 7.17. The molecule has 0 saturated carbocycles. The van der Waals surface area contributed by atoms with Crippen LogP contribution in [0.25, 0.3) is 0 Å². The summed E-state index contributed by atoms with van der Waals surface area (Å²) in [5.74, 6) is 0.768. The molecule has 1 rings (SSSR count). The van der Waals surface area contributed by atoms with Gasteiger partial charge < -0.3 is 5.32 Å². The molecule has 0 radical (unpaired) electrons. The fraction of sp³-hybridized carbons (Fsp3) is 0.600.